The highest BCUT2D eigenvalue weighted by Gasteiger charge is 2.60. The molecule has 0 N–H and O–H groups in total. The van der Waals surface area contributed by atoms with Gasteiger partial charge in [0.15, 0.2) is 0 Å². The summed E-state index contributed by atoms with van der Waals surface area (Å²) >= 11 is 0. The van der Waals surface area contributed by atoms with Gasteiger partial charge in [-0.2, -0.15) is 0 Å². The molecule has 4 bridgehead atoms. The zero-order valence-electron chi connectivity index (χ0n) is 21.4. The minimum absolute atomic E-state index is 0.228. The van der Waals surface area contributed by atoms with Crippen molar-refractivity contribution in [1.29, 1.82) is 0 Å². The van der Waals surface area contributed by atoms with Crippen molar-refractivity contribution in [3.05, 3.63) is 65.0 Å². The molecule has 4 aliphatic rings. The molecule has 7 rings (SSSR count). The van der Waals surface area contributed by atoms with E-state index < -0.39 is 0 Å². The van der Waals surface area contributed by atoms with Crippen LogP contribution in [0.2, 0.25) is 0 Å². The van der Waals surface area contributed by atoms with E-state index in [1.807, 2.05) is 0 Å². The van der Waals surface area contributed by atoms with Crippen LogP contribution in [0.25, 0.3) is 22.8 Å². The lowest BCUT2D eigenvalue weighted by atomic mass is 9.68. The van der Waals surface area contributed by atoms with Gasteiger partial charge in [-0.3, -0.25) is 9.97 Å². The Morgan fingerprint density at radius 2 is 1.09 bits per heavy atom. The SMILES string of the molecule is CC1(C)[C@@H]2CC[C@@]1(C)c1cc(-c3cccc(-c4cc5c(cn4)[C@H]4CC[C@]5(C)C4(C)C)n3)ncc12. The van der Waals surface area contributed by atoms with E-state index in [1.165, 1.54) is 47.9 Å². The highest BCUT2D eigenvalue weighted by atomic mass is 14.8. The second kappa shape index (κ2) is 6.17. The van der Waals surface area contributed by atoms with Crippen molar-refractivity contribution in [1.82, 2.24) is 15.0 Å². The van der Waals surface area contributed by atoms with E-state index in [-0.39, 0.29) is 10.8 Å². The third-order valence-electron chi connectivity index (χ3n) is 11.5. The molecule has 0 amide bonds. The maximum Gasteiger partial charge on any atom is 0.0894 e. The Balaban J connectivity index is 1.29. The fourth-order valence-corrected chi connectivity index (χ4v) is 8.50. The fraction of sp³-hybridized carbons (Fsp3) is 0.516. The van der Waals surface area contributed by atoms with Crippen LogP contribution in [0, 0.1) is 10.8 Å². The molecule has 34 heavy (non-hydrogen) atoms. The number of hydrogen-bond donors (Lipinski definition) is 0. The number of rotatable bonds is 2. The van der Waals surface area contributed by atoms with Crippen LogP contribution in [0.15, 0.2) is 42.7 Å². The Morgan fingerprint density at radius 1 is 0.647 bits per heavy atom. The van der Waals surface area contributed by atoms with Gasteiger partial charge < -0.3 is 0 Å². The molecular weight excluding hydrogens is 414 g/mol. The zero-order valence-corrected chi connectivity index (χ0v) is 21.4. The molecule has 3 nitrogen and oxygen atoms in total. The van der Waals surface area contributed by atoms with Gasteiger partial charge in [-0.1, -0.05) is 47.6 Å². The molecule has 4 aliphatic carbocycles. The minimum atomic E-state index is 0.228. The number of hydrogen-bond acceptors (Lipinski definition) is 3. The molecule has 0 spiro atoms. The van der Waals surface area contributed by atoms with E-state index in [0.717, 1.165) is 22.8 Å². The largest absolute Gasteiger partial charge is 0.254 e. The van der Waals surface area contributed by atoms with Gasteiger partial charge >= 0.3 is 0 Å². The maximum atomic E-state index is 5.08. The van der Waals surface area contributed by atoms with E-state index in [0.29, 0.717) is 22.7 Å². The van der Waals surface area contributed by atoms with Crippen molar-refractivity contribution < 1.29 is 0 Å². The predicted octanol–water partition coefficient (Wildman–Crippen LogP) is 7.56. The highest BCUT2D eigenvalue weighted by Crippen LogP contribution is 2.68. The van der Waals surface area contributed by atoms with Crippen molar-refractivity contribution in [2.75, 3.05) is 0 Å². The van der Waals surface area contributed by atoms with E-state index >= 15 is 0 Å². The number of pyridine rings is 3. The lowest BCUT2D eigenvalue weighted by Crippen LogP contribution is -2.31. The lowest BCUT2D eigenvalue weighted by molar-refractivity contribution is 0.231. The fourth-order valence-electron chi connectivity index (χ4n) is 8.50. The van der Waals surface area contributed by atoms with Crippen LogP contribution < -0.4 is 0 Å². The number of aromatic nitrogens is 3. The maximum absolute atomic E-state index is 5.08. The Hall–Kier alpha value is -2.55. The van der Waals surface area contributed by atoms with Crippen molar-refractivity contribution in [3.8, 4) is 22.8 Å². The van der Waals surface area contributed by atoms with Crippen LogP contribution in [-0.2, 0) is 10.8 Å². The summed E-state index contributed by atoms with van der Waals surface area (Å²) in [5.41, 5.74) is 10.8. The highest BCUT2D eigenvalue weighted by molar-refractivity contribution is 5.66. The number of nitrogens with zero attached hydrogens (tertiary/aromatic N) is 3. The van der Waals surface area contributed by atoms with Crippen molar-refractivity contribution >= 4 is 0 Å². The summed E-state index contributed by atoms with van der Waals surface area (Å²) in [5.74, 6) is 1.26. The van der Waals surface area contributed by atoms with Gasteiger partial charge in [-0.25, -0.2) is 4.98 Å². The van der Waals surface area contributed by atoms with Crippen LogP contribution in [0.4, 0.5) is 0 Å². The first-order chi connectivity index (χ1) is 16.1. The summed E-state index contributed by atoms with van der Waals surface area (Å²) < 4.78 is 0. The molecule has 0 aromatic carbocycles. The molecule has 3 heteroatoms. The summed E-state index contributed by atoms with van der Waals surface area (Å²) in [5, 5.41) is 0. The molecule has 0 unspecified atom stereocenters. The standard InChI is InChI=1S/C31H35N3/c1-28(2)20-10-12-30(28,5)22-14-26(32-16-18(20)22)24-8-7-9-25(34-24)27-15-23-19(17-33-27)21-11-13-31(23,6)29(21,3)4/h7-9,14-17,20-21H,10-13H2,1-6H3/t20-,21-,30+,31+/m1/s1. The average Bonchev–Trinajstić information content (AvgIpc) is 3.34. The van der Waals surface area contributed by atoms with Crippen LogP contribution in [0.5, 0.6) is 0 Å². The summed E-state index contributed by atoms with van der Waals surface area (Å²) in [4.78, 5) is 14.9. The topological polar surface area (TPSA) is 38.7 Å². The summed E-state index contributed by atoms with van der Waals surface area (Å²) in [6.45, 7) is 14.7. The normalized spacial score (nSPS) is 33.2. The molecule has 2 saturated carbocycles. The molecule has 0 saturated heterocycles. The molecule has 0 radical (unpaired) electrons. The van der Waals surface area contributed by atoms with Crippen LogP contribution in [0.1, 0.15) is 101 Å². The predicted molar refractivity (Wildman–Crippen MR) is 137 cm³/mol. The Morgan fingerprint density at radius 3 is 1.53 bits per heavy atom. The lowest BCUT2D eigenvalue weighted by Gasteiger charge is -2.35. The van der Waals surface area contributed by atoms with Gasteiger partial charge in [0.1, 0.15) is 0 Å². The Kier molecular flexibility index (Phi) is 3.77. The second-order valence-electron chi connectivity index (χ2n) is 13.0. The van der Waals surface area contributed by atoms with E-state index in [2.05, 4.69) is 84.3 Å². The molecule has 0 aliphatic heterocycles. The van der Waals surface area contributed by atoms with Gasteiger partial charge in [-0.15, -0.1) is 0 Å². The zero-order chi connectivity index (χ0) is 23.7. The minimum Gasteiger partial charge on any atom is -0.254 e. The van der Waals surface area contributed by atoms with Crippen molar-refractivity contribution in [2.45, 2.75) is 89.9 Å². The Bertz CT molecular complexity index is 1270. The molecule has 3 heterocycles. The van der Waals surface area contributed by atoms with E-state index in [9.17, 15) is 0 Å². The first-order valence-corrected chi connectivity index (χ1v) is 13.1. The van der Waals surface area contributed by atoms with Crippen LogP contribution in [-0.4, -0.2) is 15.0 Å². The molecule has 174 valence electrons. The number of fused-ring (bicyclic) bond motifs is 10. The molecule has 2 fully saturated rings. The molecule has 3 aromatic rings. The van der Waals surface area contributed by atoms with Crippen molar-refractivity contribution in [3.63, 3.8) is 0 Å². The summed E-state index contributed by atoms with van der Waals surface area (Å²) in [6, 6.07) is 11.0. The third kappa shape index (κ3) is 2.23. The Labute approximate surface area is 203 Å². The van der Waals surface area contributed by atoms with E-state index in [4.69, 9.17) is 15.0 Å². The summed E-state index contributed by atoms with van der Waals surface area (Å²) in [7, 11) is 0. The van der Waals surface area contributed by atoms with Crippen LogP contribution in [0.3, 0.4) is 0 Å². The average molecular weight is 450 g/mol. The first-order valence-electron chi connectivity index (χ1n) is 13.1. The van der Waals surface area contributed by atoms with Gasteiger partial charge in [0, 0.05) is 12.4 Å². The molecule has 3 aromatic heterocycles. The van der Waals surface area contributed by atoms with Gasteiger partial charge in [0.25, 0.3) is 0 Å². The monoisotopic (exact) mass is 449 g/mol. The molecular formula is C31H35N3. The first kappa shape index (κ1) is 20.8. The summed E-state index contributed by atoms with van der Waals surface area (Å²) in [6.07, 6.45) is 9.39. The van der Waals surface area contributed by atoms with Gasteiger partial charge in [-0.05, 0) is 106 Å². The third-order valence-corrected chi connectivity index (χ3v) is 11.5. The van der Waals surface area contributed by atoms with Gasteiger partial charge in [0.2, 0.25) is 0 Å². The smallest absolute Gasteiger partial charge is 0.0894 e. The van der Waals surface area contributed by atoms with Gasteiger partial charge in [0.05, 0.1) is 22.8 Å². The quantitative estimate of drug-likeness (QED) is 0.405. The second-order valence-corrected chi connectivity index (χ2v) is 13.0. The van der Waals surface area contributed by atoms with E-state index in [1.54, 1.807) is 0 Å². The van der Waals surface area contributed by atoms with Crippen molar-refractivity contribution in [2.24, 2.45) is 10.8 Å². The molecule has 4 atom stereocenters. The van der Waals surface area contributed by atoms with Crippen LogP contribution >= 0.6 is 0 Å².